The number of aromatic nitrogens is 1. The predicted octanol–water partition coefficient (Wildman–Crippen LogP) is 2.31. The lowest BCUT2D eigenvalue weighted by Gasteiger charge is -2.05. The molecule has 0 unspecified atom stereocenters. The van der Waals surface area contributed by atoms with Crippen LogP contribution in [0.4, 0.5) is 4.39 Å². The highest BCUT2D eigenvalue weighted by Gasteiger charge is 2.15. The first kappa shape index (κ1) is 11.4. The molecule has 1 aromatic rings. The molecule has 0 atom stereocenters. The van der Waals surface area contributed by atoms with Crippen molar-refractivity contribution in [3.05, 3.63) is 26.8 Å². The van der Waals surface area contributed by atoms with Gasteiger partial charge in [0.25, 0.3) is 0 Å². The van der Waals surface area contributed by atoms with Gasteiger partial charge in [0, 0.05) is 9.64 Å². The molecule has 0 saturated heterocycles. The summed E-state index contributed by atoms with van der Waals surface area (Å²) < 4.78 is 18.3. The topological polar surface area (TPSA) is 39.2 Å². The Bertz CT molecular complexity index is 368. The van der Waals surface area contributed by atoms with Crippen molar-refractivity contribution >= 4 is 28.6 Å². The van der Waals surface area contributed by atoms with Gasteiger partial charge < -0.3 is 4.74 Å². The Kier molecular flexibility index (Phi) is 3.79. The normalized spacial score (nSPS) is 10.0. The minimum absolute atomic E-state index is 0.234. The summed E-state index contributed by atoms with van der Waals surface area (Å²) in [6, 6.07) is 1.09. The monoisotopic (exact) mass is 309 g/mol. The molecule has 0 amide bonds. The average Bonchev–Trinajstić information content (AvgIpc) is 2.11. The number of aryl methyl sites for hydroxylation is 1. The number of esters is 1. The lowest BCUT2D eigenvalue weighted by molar-refractivity contribution is 0.0524. The van der Waals surface area contributed by atoms with Crippen molar-refractivity contribution < 1.29 is 13.9 Å². The summed E-state index contributed by atoms with van der Waals surface area (Å²) >= 11 is 1.95. The van der Waals surface area contributed by atoms with Crippen molar-refractivity contribution in [1.29, 1.82) is 0 Å². The van der Waals surface area contributed by atoms with Crippen LogP contribution in [0.5, 0.6) is 0 Å². The highest BCUT2D eigenvalue weighted by Crippen LogP contribution is 2.17. The van der Waals surface area contributed by atoms with E-state index in [2.05, 4.69) is 4.98 Å². The number of ether oxygens (including phenoxy) is 1. The molecule has 0 aliphatic carbocycles. The van der Waals surface area contributed by atoms with E-state index in [-0.39, 0.29) is 12.2 Å². The van der Waals surface area contributed by atoms with Crippen molar-refractivity contribution in [2.24, 2.45) is 0 Å². The van der Waals surface area contributed by atoms with Gasteiger partial charge in [-0.15, -0.1) is 0 Å². The minimum Gasteiger partial charge on any atom is -0.462 e. The Labute approximate surface area is 94.8 Å². The lowest BCUT2D eigenvalue weighted by Crippen LogP contribution is -2.09. The molecule has 1 aromatic heterocycles. The number of carbonyl (C=O) groups excluding carboxylic acids is 1. The summed E-state index contributed by atoms with van der Waals surface area (Å²) in [6.45, 7) is 3.63. The molecule has 0 aliphatic heterocycles. The fourth-order valence-electron chi connectivity index (χ4n) is 0.976. The van der Waals surface area contributed by atoms with Gasteiger partial charge in [0.1, 0.15) is 0 Å². The molecule has 0 radical (unpaired) electrons. The molecule has 14 heavy (non-hydrogen) atoms. The highest BCUT2D eigenvalue weighted by molar-refractivity contribution is 14.1. The molecule has 0 N–H and O–H groups in total. The van der Waals surface area contributed by atoms with Crippen molar-refractivity contribution in [3.63, 3.8) is 0 Å². The van der Waals surface area contributed by atoms with Crippen molar-refractivity contribution in [2.75, 3.05) is 6.61 Å². The molecule has 3 nitrogen and oxygen atoms in total. The van der Waals surface area contributed by atoms with Gasteiger partial charge in [-0.25, -0.2) is 9.78 Å². The van der Waals surface area contributed by atoms with E-state index in [0.29, 0.717) is 9.26 Å². The number of nitrogens with zero attached hydrogens (tertiary/aromatic N) is 1. The third kappa shape index (κ3) is 2.40. The average molecular weight is 309 g/mol. The van der Waals surface area contributed by atoms with Crippen molar-refractivity contribution in [2.45, 2.75) is 13.8 Å². The second-order valence-electron chi connectivity index (χ2n) is 2.61. The molecule has 0 saturated carbocycles. The third-order valence-corrected chi connectivity index (χ3v) is 2.95. The van der Waals surface area contributed by atoms with Crippen molar-refractivity contribution in [1.82, 2.24) is 4.98 Å². The molecule has 0 aromatic carbocycles. The van der Waals surface area contributed by atoms with Gasteiger partial charge in [-0.3, -0.25) is 0 Å². The van der Waals surface area contributed by atoms with Crippen LogP contribution in [0.1, 0.15) is 23.0 Å². The van der Waals surface area contributed by atoms with Crippen LogP contribution in [0.15, 0.2) is 6.07 Å². The first-order valence-corrected chi connectivity index (χ1v) is 5.14. The number of rotatable bonds is 2. The molecular formula is C9H9FINO2. The second-order valence-corrected chi connectivity index (χ2v) is 3.69. The maximum Gasteiger partial charge on any atom is 0.339 e. The number of carbonyl (C=O) groups is 1. The molecular weight excluding hydrogens is 300 g/mol. The van der Waals surface area contributed by atoms with E-state index in [9.17, 15) is 9.18 Å². The first-order valence-electron chi connectivity index (χ1n) is 4.06. The van der Waals surface area contributed by atoms with Crippen LogP contribution >= 0.6 is 22.6 Å². The summed E-state index contributed by atoms with van der Waals surface area (Å²) in [6.07, 6.45) is 0. The summed E-state index contributed by atoms with van der Waals surface area (Å²) in [4.78, 5) is 14.9. The van der Waals surface area contributed by atoms with E-state index in [4.69, 9.17) is 4.74 Å². The van der Waals surface area contributed by atoms with Crippen molar-refractivity contribution in [3.8, 4) is 0 Å². The lowest BCUT2D eigenvalue weighted by atomic mass is 10.2. The zero-order valence-corrected chi connectivity index (χ0v) is 9.96. The Morgan fingerprint density at radius 2 is 2.36 bits per heavy atom. The molecule has 0 fully saturated rings. The van der Waals surface area contributed by atoms with Gasteiger partial charge in [0.2, 0.25) is 5.95 Å². The van der Waals surface area contributed by atoms with Gasteiger partial charge in [-0.2, -0.15) is 4.39 Å². The number of hydrogen-bond donors (Lipinski definition) is 0. The van der Waals surface area contributed by atoms with Crippen LogP contribution in [0.2, 0.25) is 0 Å². The van der Waals surface area contributed by atoms with Crippen LogP contribution in [0, 0.1) is 16.4 Å². The standard InChI is InChI=1S/C9H9FINO2/c1-3-14-9(13)6-4-7(10)12-5(2)8(6)11/h4H,3H2,1-2H3. The molecule has 1 heterocycles. The SMILES string of the molecule is CCOC(=O)c1cc(F)nc(C)c1I. The van der Waals surface area contributed by atoms with E-state index in [1.54, 1.807) is 13.8 Å². The Balaban J connectivity index is 3.13. The Morgan fingerprint density at radius 3 is 2.93 bits per heavy atom. The van der Waals surface area contributed by atoms with E-state index >= 15 is 0 Å². The fourth-order valence-corrected chi connectivity index (χ4v) is 1.47. The molecule has 0 aliphatic rings. The summed E-state index contributed by atoms with van der Waals surface area (Å²) in [7, 11) is 0. The summed E-state index contributed by atoms with van der Waals surface area (Å²) in [5.74, 6) is -1.17. The molecule has 5 heteroatoms. The third-order valence-electron chi connectivity index (χ3n) is 1.59. The van der Waals surface area contributed by atoms with Crippen LogP contribution in [0.3, 0.4) is 0 Å². The van der Waals surface area contributed by atoms with Gasteiger partial charge in [-0.1, -0.05) is 0 Å². The Morgan fingerprint density at radius 1 is 1.71 bits per heavy atom. The zero-order valence-electron chi connectivity index (χ0n) is 7.80. The Hall–Kier alpha value is -0.720. The minimum atomic E-state index is -0.661. The van der Waals surface area contributed by atoms with Gasteiger partial charge in [-0.05, 0) is 36.4 Å². The number of pyridine rings is 1. The first-order chi connectivity index (χ1) is 6.56. The van der Waals surface area contributed by atoms with Gasteiger partial charge >= 0.3 is 5.97 Å². The maximum absolute atomic E-state index is 12.9. The summed E-state index contributed by atoms with van der Waals surface area (Å²) in [5.41, 5.74) is 0.728. The van der Waals surface area contributed by atoms with E-state index in [0.717, 1.165) is 6.07 Å². The van der Waals surface area contributed by atoms with Crippen LogP contribution in [-0.4, -0.2) is 17.6 Å². The fraction of sp³-hybridized carbons (Fsp3) is 0.333. The van der Waals surface area contributed by atoms with E-state index < -0.39 is 11.9 Å². The van der Waals surface area contributed by atoms with Gasteiger partial charge in [0.05, 0.1) is 17.9 Å². The van der Waals surface area contributed by atoms with Gasteiger partial charge in [0.15, 0.2) is 0 Å². The van der Waals surface area contributed by atoms with E-state index in [1.807, 2.05) is 22.6 Å². The zero-order chi connectivity index (χ0) is 10.7. The van der Waals surface area contributed by atoms with Crippen LogP contribution in [-0.2, 0) is 4.74 Å². The van der Waals surface area contributed by atoms with Crippen LogP contribution in [0.25, 0.3) is 0 Å². The molecule has 76 valence electrons. The molecule has 0 bridgehead atoms. The van der Waals surface area contributed by atoms with Crippen LogP contribution < -0.4 is 0 Å². The summed E-state index contributed by atoms with van der Waals surface area (Å²) in [5, 5.41) is 0. The molecule has 0 spiro atoms. The van der Waals surface area contributed by atoms with E-state index in [1.165, 1.54) is 0 Å². The maximum atomic E-state index is 12.9. The second kappa shape index (κ2) is 4.68. The number of halogens is 2. The largest absolute Gasteiger partial charge is 0.462 e. The number of hydrogen-bond acceptors (Lipinski definition) is 3. The predicted molar refractivity (Wildman–Crippen MR) is 57.6 cm³/mol. The smallest absolute Gasteiger partial charge is 0.339 e. The highest BCUT2D eigenvalue weighted by atomic mass is 127. The quantitative estimate of drug-likeness (QED) is 0.478. The molecule has 1 rings (SSSR count).